The van der Waals surface area contributed by atoms with Gasteiger partial charge in [-0.3, -0.25) is 20.4 Å². The van der Waals surface area contributed by atoms with Gasteiger partial charge in [0.15, 0.2) is 0 Å². The maximum Gasteiger partial charge on any atom is 0.269 e. The largest absolute Gasteiger partial charge is 0.494 e. The van der Waals surface area contributed by atoms with Crippen molar-refractivity contribution in [2.75, 3.05) is 13.2 Å². The van der Waals surface area contributed by atoms with Gasteiger partial charge in [0, 0.05) is 5.56 Å². The molecule has 0 spiro atoms. The van der Waals surface area contributed by atoms with Crippen LogP contribution in [0.2, 0.25) is 0 Å². The molecule has 6 heteroatoms. The molecule has 0 saturated heterocycles. The van der Waals surface area contributed by atoms with Crippen LogP contribution in [0, 0.1) is 6.92 Å². The Bertz CT molecular complexity index is 714. The van der Waals surface area contributed by atoms with Crippen molar-refractivity contribution in [1.29, 1.82) is 0 Å². The molecule has 0 atom stereocenters. The monoisotopic (exact) mass is 342 g/mol. The molecule has 0 aliphatic heterocycles. The van der Waals surface area contributed by atoms with E-state index in [1.54, 1.807) is 24.3 Å². The number of carbonyl (C=O) groups is 2. The first-order valence-corrected chi connectivity index (χ1v) is 8.10. The van der Waals surface area contributed by atoms with Crippen LogP contribution in [-0.2, 0) is 4.79 Å². The highest BCUT2D eigenvalue weighted by atomic mass is 16.5. The molecule has 2 aromatic carbocycles. The van der Waals surface area contributed by atoms with Crippen molar-refractivity contribution in [2.24, 2.45) is 0 Å². The minimum Gasteiger partial charge on any atom is -0.494 e. The lowest BCUT2D eigenvalue weighted by atomic mass is 10.2. The molecular formula is C19H22N2O4. The second kappa shape index (κ2) is 9.32. The van der Waals surface area contributed by atoms with Crippen molar-refractivity contribution < 1.29 is 19.1 Å². The third-order valence-corrected chi connectivity index (χ3v) is 3.42. The summed E-state index contributed by atoms with van der Waals surface area (Å²) in [6, 6.07) is 14.3. The first-order chi connectivity index (χ1) is 12.1. The van der Waals surface area contributed by atoms with E-state index in [-0.39, 0.29) is 18.9 Å². The normalized spacial score (nSPS) is 10.0. The van der Waals surface area contributed by atoms with Gasteiger partial charge in [-0.15, -0.1) is 0 Å². The zero-order valence-electron chi connectivity index (χ0n) is 14.4. The quantitative estimate of drug-likeness (QED) is 0.759. The number of amides is 2. The molecule has 132 valence electrons. The van der Waals surface area contributed by atoms with Gasteiger partial charge in [-0.25, -0.2) is 0 Å². The van der Waals surface area contributed by atoms with Gasteiger partial charge in [-0.05, 0) is 49.7 Å². The number of para-hydroxylation sites is 1. The molecule has 0 aliphatic carbocycles. The molecule has 0 radical (unpaired) electrons. The molecular weight excluding hydrogens is 320 g/mol. The van der Waals surface area contributed by atoms with E-state index < -0.39 is 5.91 Å². The number of rotatable bonds is 7. The van der Waals surface area contributed by atoms with Crippen LogP contribution in [0.3, 0.4) is 0 Å². The van der Waals surface area contributed by atoms with Gasteiger partial charge in [0.05, 0.1) is 19.6 Å². The third-order valence-electron chi connectivity index (χ3n) is 3.42. The standard InChI is InChI=1S/C19H22N2O4/c1-3-24-16-10-8-15(9-11-16)19(23)21-20-18(22)12-13-25-17-7-5-4-6-14(17)2/h4-11H,3,12-13H2,1-2H3,(H,20,22)(H,21,23). The topological polar surface area (TPSA) is 76.7 Å². The zero-order chi connectivity index (χ0) is 18.1. The number of nitrogens with one attached hydrogen (secondary N) is 2. The van der Waals surface area contributed by atoms with Crippen molar-refractivity contribution in [1.82, 2.24) is 10.9 Å². The van der Waals surface area contributed by atoms with Crippen molar-refractivity contribution in [3.8, 4) is 11.5 Å². The van der Waals surface area contributed by atoms with Crippen LogP contribution in [0.1, 0.15) is 29.3 Å². The molecule has 25 heavy (non-hydrogen) atoms. The number of ether oxygens (including phenoxy) is 2. The van der Waals surface area contributed by atoms with Gasteiger partial charge in [-0.1, -0.05) is 18.2 Å². The SMILES string of the molecule is CCOc1ccc(C(=O)NNC(=O)CCOc2ccccc2C)cc1. The average molecular weight is 342 g/mol. The molecule has 6 nitrogen and oxygen atoms in total. The maximum absolute atomic E-state index is 12.0. The van der Waals surface area contributed by atoms with Crippen molar-refractivity contribution >= 4 is 11.8 Å². The Morgan fingerprint density at radius 3 is 2.36 bits per heavy atom. The number of hydrogen-bond acceptors (Lipinski definition) is 4. The van der Waals surface area contributed by atoms with E-state index in [0.717, 1.165) is 11.3 Å². The van der Waals surface area contributed by atoms with Crippen LogP contribution in [0.25, 0.3) is 0 Å². The number of hydrazine groups is 1. The summed E-state index contributed by atoms with van der Waals surface area (Å²) < 4.78 is 10.9. The molecule has 2 aromatic rings. The van der Waals surface area contributed by atoms with E-state index in [2.05, 4.69) is 10.9 Å². The smallest absolute Gasteiger partial charge is 0.269 e. The maximum atomic E-state index is 12.0. The summed E-state index contributed by atoms with van der Waals surface area (Å²) in [6.45, 7) is 4.62. The Balaban J connectivity index is 1.72. The Kier molecular flexibility index (Phi) is 6.83. The van der Waals surface area contributed by atoms with Crippen molar-refractivity contribution in [3.05, 3.63) is 59.7 Å². The van der Waals surface area contributed by atoms with Gasteiger partial charge >= 0.3 is 0 Å². The number of aryl methyl sites for hydroxylation is 1. The van der Waals surface area contributed by atoms with E-state index in [1.807, 2.05) is 38.1 Å². The summed E-state index contributed by atoms with van der Waals surface area (Å²) in [5.74, 6) is 0.717. The van der Waals surface area contributed by atoms with E-state index >= 15 is 0 Å². The first kappa shape index (κ1) is 18.3. The zero-order valence-corrected chi connectivity index (χ0v) is 14.4. The Hall–Kier alpha value is -3.02. The molecule has 0 bridgehead atoms. The fraction of sp³-hybridized carbons (Fsp3) is 0.263. The van der Waals surface area contributed by atoms with Gasteiger partial charge in [0.25, 0.3) is 5.91 Å². The highest BCUT2D eigenvalue weighted by Crippen LogP contribution is 2.16. The predicted molar refractivity (Wildman–Crippen MR) is 94.5 cm³/mol. The summed E-state index contributed by atoms with van der Waals surface area (Å²) in [5, 5.41) is 0. The molecule has 2 N–H and O–H groups in total. The number of hydrogen-bond donors (Lipinski definition) is 2. The fourth-order valence-corrected chi connectivity index (χ4v) is 2.10. The molecule has 0 unspecified atom stereocenters. The van der Waals surface area contributed by atoms with Crippen LogP contribution in [0.15, 0.2) is 48.5 Å². The second-order valence-corrected chi connectivity index (χ2v) is 5.32. The van der Waals surface area contributed by atoms with Crippen LogP contribution in [-0.4, -0.2) is 25.0 Å². The minimum absolute atomic E-state index is 0.137. The second-order valence-electron chi connectivity index (χ2n) is 5.32. The van der Waals surface area contributed by atoms with Gasteiger partial charge in [0.2, 0.25) is 5.91 Å². The third kappa shape index (κ3) is 5.84. The average Bonchev–Trinajstić information content (AvgIpc) is 2.62. The lowest BCUT2D eigenvalue weighted by molar-refractivity contribution is -0.122. The van der Waals surface area contributed by atoms with E-state index in [9.17, 15) is 9.59 Å². The summed E-state index contributed by atoms with van der Waals surface area (Å²) in [7, 11) is 0. The Morgan fingerprint density at radius 1 is 0.960 bits per heavy atom. The molecule has 2 rings (SSSR count). The van der Waals surface area contributed by atoms with Crippen molar-refractivity contribution in [2.45, 2.75) is 20.3 Å². The van der Waals surface area contributed by atoms with Gasteiger partial charge in [-0.2, -0.15) is 0 Å². The van der Waals surface area contributed by atoms with Crippen LogP contribution < -0.4 is 20.3 Å². The molecule has 0 saturated carbocycles. The van der Waals surface area contributed by atoms with Crippen LogP contribution in [0.4, 0.5) is 0 Å². The summed E-state index contributed by atoms with van der Waals surface area (Å²) in [4.78, 5) is 23.7. The predicted octanol–water partition coefficient (Wildman–Crippen LogP) is 2.62. The lowest BCUT2D eigenvalue weighted by Crippen LogP contribution is -2.42. The Morgan fingerprint density at radius 2 is 1.68 bits per heavy atom. The van der Waals surface area contributed by atoms with E-state index in [4.69, 9.17) is 9.47 Å². The minimum atomic E-state index is -0.392. The number of benzene rings is 2. The van der Waals surface area contributed by atoms with Crippen molar-refractivity contribution in [3.63, 3.8) is 0 Å². The Labute approximate surface area is 147 Å². The highest BCUT2D eigenvalue weighted by Gasteiger charge is 2.08. The molecule has 0 aromatic heterocycles. The molecule has 2 amide bonds. The van der Waals surface area contributed by atoms with Gasteiger partial charge < -0.3 is 9.47 Å². The summed E-state index contributed by atoms with van der Waals surface area (Å²) in [6.07, 6.45) is 0.137. The molecule has 0 heterocycles. The van der Waals surface area contributed by atoms with E-state index in [1.165, 1.54) is 0 Å². The first-order valence-electron chi connectivity index (χ1n) is 8.10. The molecule has 0 aliphatic rings. The number of carbonyl (C=O) groups excluding carboxylic acids is 2. The molecule has 0 fully saturated rings. The summed E-state index contributed by atoms with van der Waals surface area (Å²) in [5.41, 5.74) is 6.18. The van der Waals surface area contributed by atoms with Crippen LogP contribution in [0.5, 0.6) is 11.5 Å². The summed E-state index contributed by atoms with van der Waals surface area (Å²) >= 11 is 0. The lowest BCUT2D eigenvalue weighted by Gasteiger charge is -2.10. The van der Waals surface area contributed by atoms with E-state index in [0.29, 0.717) is 17.9 Å². The highest BCUT2D eigenvalue weighted by molar-refractivity contribution is 5.95. The fourth-order valence-electron chi connectivity index (χ4n) is 2.10. The van der Waals surface area contributed by atoms with Gasteiger partial charge in [0.1, 0.15) is 11.5 Å². The van der Waals surface area contributed by atoms with Crippen LogP contribution >= 0.6 is 0 Å².